The van der Waals surface area contributed by atoms with Crippen LogP contribution in [0.2, 0.25) is 0 Å². The number of nitrogens with one attached hydrogen (secondary N) is 1. The third-order valence-corrected chi connectivity index (χ3v) is 5.06. The molecule has 0 saturated carbocycles. The number of carbonyl (C=O) groups is 1. The number of para-hydroxylation sites is 3. The lowest BCUT2D eigenvalue weighted by molar-refractivity contribution is 0.102. The van der Waals surface area contributed by atoms with Gasteiger partial charge >= 0.3 is 0 Å². The number of anilines is 1. The van der Waals surface area contributed by atoms with Gasteiger partial charge in [0.05, 0.1) is 16.6 Å². The van der Waals surface area contributed by atoms with Crippen molar-refractivity contribution in [2.45, 2.75) is 20.4 Å². The first-order valence-corrected chi connectivity index (χ1v) is 9.58. The van der Waals surface area contributed by atoms with Crippen molar-refractivity contribution in [1.82, 2.24) is 14.5 Å². The Morgan fingerprint density at radius 2 is 1.96 bits per heavy atom. The zero-order valence-corrected chi connectivity index (χ0v) is 16.1. The second-order valence-electron chi connectivity index (χ2n) is 6.60. The normalized spacial score (nSPS) is 12.7. The number of fused-ring (bicyclic) bond motifs is 2. The molecule has 1 aromatic heterocycles. The third kappa shape index (κ3) is 3.41. The molecule has 28 heavy (non-hydrogen) atoms. The lowest BCUT2D eigenvalue weighted by Gasteiger charge is -2.19. The summed E-state index contributed by atoms with van der Waals surface area (Å²) in [5.74, 6) is 1.34. The summed E-state index contributed by atoms with van der Waals surface area (Å²) in [5.41, 5.74) is 2.30. The molecular formula is C21H24N4O3. The van der Waals surface area contributed by atoms with Crippen LogP contribution in [0.15, 0.2) is 42.5 Å². The number of benzene rings is 2. The number of carbonyl (C=O) groups excluding carboxylic acids is 1. The van der Waals surface area contributed by atoms with Crippen LogP contribution in [0.4, 0.5) is 5.95 Å². The molecule has 0 saturated heterocycles. The smallest absolute Gasteiger partial charge is 0.261 e. The molecule has 1 amide bonds. The summed E-state index contributed by atoms with van der Waals surface area (Å²) in [7, 11) is 0. The Kier molecular flexibility index (Phi) is 5.16. The fourth-order valence-electron chi connectivity index (χ4n) is 3.46. The molecule has 0 atom stereocenters. The molecule has 0 radical (unpaired) electrons. The number of imidazole rings is 1. The monoisotopic (exact) mass is 380 g/mol. The van der Waals surface area contributed by atoms with E-state index in [1.807, 2.05) is 24.3 Å². The van der Waals surface area contributed by atoms with Gasteiger partial charge in [0.2, 0.25) is 12.7 Å². The average Bonchev–Trinajstić information content (AvgIpc) is 3.33. The van der Waals surface area contributed by atoms with Crippen molar-refractivity contribution in [3.05, 3.63) is 48.0 Å². The van der Waals surface area contributed by atoms with Crippen LogP contribution < -0.4 is 14.8 Å². The second kappa shape index (κ2) is 7.90. The second-order valence-corrected chi connectivity index (χ2v) is 6.60. The molecule has 1 aliphatic heterocycles. The molecule has 0 fully saturated rings. The molecule has 0 aliphatic carbocycles. The molecule has 7 heteroatoms. The highest BCUT2D eigenvalue weighted by atomic mass is 16.7. The Labute approximate surface area is 163 Å². The summed E-state index contributed by atoms with van der Waals surface area (Å²) >= 11 is 0. The standard InChI is InChI=1S/C21H24N4O3/c1-3-24(4-2)12-13-25-17-10-6-5-9-16(17)22-21(25)23-20(26)15-8-7-11-18-19(15)28-14-27-18/h5-11H,3-4,12-14H2,1-2H3,(H,22,23,26). The number of aromatic nitrogens is 2. The largest absolute Gasteiger partial charge is 0.454 e. The Hall–Kier alpha value is -3.06. The molecule has 0 spiro atoms. The van der Waals surface area contributed by atoms with E-state index in [4.69, 9.17) is 9.47 Å². The number of nitrogens with zero attached hydrogens (tertiary/aromatic N) is 3. The van der Waals surface area contributed by atoms with Crippen LogP contribution in [0.1, 0.15) is 24.2 Å². The van der Waals surface area contributed by atoms with E-state index in [0.717, 1.165) is 37.2 Å². The molecule has 3 aromatic rings. The van der Waals surface area contributed by atoms with Gasteiger partial charge in [-0.05, 0) is 37.4 Å². The maximum atomic E-state index is 12.9. The van der Waals surface area contributed by atoms with Gasteiger partial charge < -0.3 is 18.9 Å². The van der Waals surface area contributed by atoms with Gasteiger partial charge in [-0.15, -0.1) is 0 Å². The van der Waals surface area contributed by atoms with Crippen molar-refractivity contribution < 1.29 is 14.3 Å². The Morgan fingerprint density at radius 1 is 1.14 bits per heavy atom. The van der Waals surface area contributed by atoms with Crippen LogP contribution >= 0.6 is 0 Å². The number of rotatable bonds is 7. The Balaban J connectivity index is 1.64. The minimum absolute atomic E-state index is 0.127. The van der Waals surface area contributed by atoms with Crippen molar-refractivity contribution in [1.29, 1.82) is 0 Å². The topological polar surface area (TPSA) is 68.6 Å². The summed E-state index contributed by atoms with van der Waals surface area (Å²) in [4.78, 5) is 19.9. The van der Waals surface area contributed by atoms with Gasteiger partial charge in [0.15, 0.2) is 11.5 Å². The summed E-state index contributed by atoms with van der Waals surface area (Å²) in [6.07, 6.45) is 0. The maximum absolute atomic E-state index is 12.9. The van der Waals surface area contributed by atoms with Crippen LogP contribution in [0.5, 0.6) is 11.5 Å². The molecule has 7 nitrogen and oxygen atoms in total. The van der Waals surface area contributed by atoms with Crippen molar-refractivity contribution in [3.8, 4) is 11.5 Å². The SMILES string of the molecule is CCN(CC)CCn1c(NC(=O)c2cccc3c2OCO3)nc2ccccc21. The van der Waals surface area contributed by atoms with E-state index in [0.29, 0.717) is 23.0 Å². The van der Waals surface area contributed by atoms with Crippen molar-refractivity contribution in [2.24, 2.45) is 0 Å². The summed E-state index contributed by atoms with van der Waals surface area (Å²) in [5, 5.41) is 2.96. The van der Waals surface area contributed by atoms with Gasteiger partial charge in [-0.3, -0.25) is 10.1 Å². The highest BCUT2D eigenvalue weighted by molar-refractivity contribution is 6.06. The molecule has 146 valence electrons. The van der Waals surface area contributed by atoms with E-state index in [-0.39, 0.29) is 12.7 Å². The number of likely N-dealkylation sites (N-methyl/N-ethyl adjacent to an activating group) is 1. The highest BCUT2D eigenvalue weighted by Gasteiger charge is 2.23. The fraction of sp³-hybridized carbons (Fsp3) is 0.333. The maximum Gasteiger partial charge on any atom is 0.261 e. The van der Waals surface area contributed by atoms with Crippen LogP contribution in [-0.4, -0.2) is 46.8 Å². The molecule has 2 heterocycles. The van der Waals surface area contributed by atoms with Crippen molar-refractivity contribution in [2.75, 3.05) is 31.7 Å². The molecule has 0 unspecified atom stereocenters. The van der Waals surface area contributed by atoms with Crippen LogP contribution in [-0.2, 0) is 6.54 Å². The van der Waals surface area contributed by atoms with Gasteiger partial charge in [0.25, 0.3) is 5.91 Å². The van der Waals surface area contributed by atoms with E-state index in [1.165, 1.54) is 0 Å². The quantitative estimate of drug-likeness (QED) is 0.681. The average molecular weight is 380 g/mol. The lowest BCUT2D eigenvalue weighted by atomic mass is 10.2. The summed E-state index contributed by atoms with van der Waals surface area (Å²) in [6.45, 7) is 8.02. The summed E-state index contributed by atoms with van der Waals surface area (Å²) < 4.78 is 12.9. The zero-order valence-electron chi connectivity index (χ0n) is 16.1. The van der Waals surface area contributed by atoms with E-state index in [9.17, 15) is 4.79 Å². The first kappa shape index (κ1) is 18.3. The van der Waals surface area contributed by atoms with Crippen LogP contribution in [0.25, 0.3) is 11.0 Å². The first-order chi connectivity index (χ1) is 13.7. The van der Waals surface area contributed by atoms with Gasteiger partial charge in [-0.25, -0.2) is 4.98 Å². The van der Waals surface area contributed by atoms with Crippen molar-refractivity contribution in [3.63, 3.8) is 0 Å². The Bertz CT molecular complexity index is 994. The van der Waals surface area contributed by atoms with E-state index < -0.39 is 0 Å². The lowest BCUT2D eigenvalue weighted by Crippen LogP contribution is -2.27. The van der Waals surface area contributed by atoms with E-state index >= 15 is 0 Å². The molecule has 0 bridgehead atoms. The van der Waals surface area contributed by atoms with Gasteiger partial charge in [0.1, 0.15) is 0 Å². The predicted molar refractivity (Wildman–Crippen MR) is 108 cm³/mol. The van der Waals surface area contributed by atoms with Crippen molar-refractivity contribution >= 4 is 22.9 Å². The van der Waals surface area contributed by atoms with Gasteiger partial charge in [-0.2, -0.15) is 0 Å². The zero-order chi connectivity index (χ0) is 19.5. The first-order valence-electron chi connectivity index (χ1n) is 9.58. The summed E-state index contributed by atoms with van der Waals surface area (Å²) in [6, 6.07) is 13.2. The van der Waals surface area contributed by atoms with E-state index in [2.05, 4.69) is 33.6 Å². The van der Waals surface area contributed by atoms with Crippen LogP contribution in [0.3, 0.4) is 0 Å². The van der Waals surface area contributed by atoms with Gasteiger partial charge in [0, 0.05) is 13.1 Å². The van der Waals surface area contributed by atoms with E-state index in [1.54, 1.807) is 18.2 Å². The number of hydrogen-bond acceptors (Lipinski definition) is 5. The fourth-order valence-corrected chi connectivity index (χ4v) is 3.46. The minimum Gasteiger partial charge on any atom is -0.454 e. The molecular weight excluding hydrogens is 356 g/mol. The number of hydrogen-bond donors (Lipinski definition) is 1. The van der Waals surface area contributed by atoms with Crippen LogP contribution in [0, 0.1) is 0 Å². The number of amides is 1. The third-order valence-electron chi connectivity index (χ3n) is 5.06. The molecule has 4 rings (SSSR count). The highest BCUT2D eigenvalue weighted by Crippen LogP contribution is 2.35. The molecule has 1 aliphatic rings. The molecule has 1 N–H and O–H groups in total. The Morgan fingerprint density at radius 3 is 2.79 bits per heavy atom. The minimum atomic E-state index is -0.262. The number of ether oxygens (including phenoxy) is 2. The van der Waals surface area contributed by atoms with Gasteiger partial charge in [-0.1, -0.05) is 32.0 Å². The predicted octanol–water partition coefficient (Wildman–Crippen LogP) is 3.36. The molecule has 2 aromatic carbocycles.